The third-order valence-electron chi connectivity index (χ3n) is 3.77. The number of rotatable bonds is 4. The van der Waals surface area contributed by atoms with Crippen LogP contribution in [0.25, 0.3) is 0 Å². The molecule has 110 valence electrons. The van der Waals surface area contributed by atoms with Crippen LogP contribution in [-0.4, -0.2) is 5.11 Å². The minimum atomic E-state index is 0.233. The van der Waals surface area contributed by atoms with Gasteiger partial charge in [-0.25, -0.2) is 0 Å². The van der Waals surface area contributed by atoms with Crippen molar-refractivity contribution in [3.05, 3.63) is 65.2 Å². The van der Waals surface area contributed by atoms with Crippen LogP contribution in [0.5, 0.6) is 0 Å². The third-order valence-corrected chi connectivity index (χ3v) is 3.99. The predicted octanol–water partition coefficient (Wildman–Crippen LogP) is 4.74. The monoisotopic (exact) mass is 298 g/mol. The molecule has 0 spiro atoms. The number of hydrogen-bond donors (Lipinski definition) is 2. The average Bonchev–Trinajstić information content (AvgIpc) is 2.50. The average molecular weight is 298 g/mol. The highest BCUT2D eigenvalue weighted by Crippen LogP contribution is 2.19. The molecule has 0 aromatic heterocycles. The van der Waals surface area contributed by atoms with Crippen molar-refractivity contribution in [1.82, 2.24) is 5.32 Å². The van der Waals surface area contributed by atoms with Crippen molar-refractivity contribution in [2.24, 2.45) is 0 Å². The van der Waals surface area contributed by atoms with Gasteiger partial charge >= 0.3 is 0 Å². The van der Waals surface area contributed by atoms with Crippen molar-refractivity contribution >= 4 is 23.0 Å². The van der Waals surface area contributed by atoms with Gasteiger partial charge in [-0.1, -0.05) is 49.4 Å². The molecule has 0 fully saturated rings. The molecule has 0 bridgehead atoms. The fourth-order valence-corrected chi connectivity index (χ4v) is 2.56. The first-order chi connectivity index (χ1) is 10.1. The summed E-state index contributed by atoms with van der Waals surface area (Å²) in [6.07, 6.45) is 0.985. The molecule has 2 aromatic carbocycles. The third kappa shape index (κ3) is 4.05. The van der Waals surface area contributed by atoms with E-state index in [1.807, 2.05) is 12.1 Å². The summed E-state index contributed by atoms with van der Waals surface area (Å²) in [4.78, 5) is 0. The van der Waals surface area contributed by atoms with Crippen molar-refractivity contribution in [2.75, 3.05) is 5.32 Å². The van der Waals surface area contributed by atoms with Gasteiger partial charge in [0.05, 0.1) is 6.04 Å². The Balaban J connectivity index is 2.05. The molecule has 0 saturated carbocycles. The van der Waals surface area contributed by atoms with Crippen molar-refractivity contribution in [1.29, 1.82) is 0 Å². The molecule has 3 heteroatoms. The van der Waals surface area contributed by atoms with Gasteiger partial charge < -0.3 is 10.6 Å². The van der Waals surface area contributed by atoms with E-state index in [2.05, 4.69) is 67.8 Å². The molecule has 2 aromatic rings. The molecule has 0 aliphatic rings. The smallest absolute Gasteiger partial charge is 0.171 e. The summed E-state index contributed by atoms with van der Waals surface area (Å²) < 4.78 is 0. The zero-order valence-electron chi connectivity index (χ0n) is 12.8. The second-order valence-corrected chi connectivity index (χ2v) is 5.63. The molecule has 0 radical (unpaired) electrons. The molecular weight excluding hydrogens is 276 g/mol. The quantitative estimate of drug-likeness (QED) is 0.797. The molecule has 0 aliphatic heterocycles. The Kier molecular flexibility index (Phi) is 5.34. The second-order valence-electron chi connectivity index (χ2n) is 5.22. The van der Waals surface area contributed by atoms with E-state index in [0.717, 1.165) is 12.1 Å². The topological polar surface area (TPSA) is 24.1 Å². The Morgan fingerprint density at radius 1 is 1.05 bits per heavy atom. The highest BCUT2D eigenvalue weighted by Gasteiger charge is 2.10. The molecule has 0 heterocycles. The first kappa shape index (κ1) is 15.5. The Labute approximate surface area is 132 Å². The summed E-state index contributed by atoms with van der Waals surface area (Å²) >= 11 is 5.46. The van der Waals surface area contributed by atoms with Gasteiger partial charge in [0.15, 0.2) is 5.11 Å². The molecular formula is C18H22N2S. The molecule has 0 amide bonds. The van der Waals surface area contributed by atoms with Crippen LogP contribution in [0.3, 0.4) is 0 Å². The van der Waals surface area contributed by atoms with E-state index in [4.69, 9.17) is 12.2 Å². The SMILES string of the molecule is CCC(NC(=S)Nc1cccc(C)c1C)c1ccccc1. The number of hydrogen-bond acceptors (Lipinski definition) is 1. The van der Waals surface area contributed by atoms with Gasteiger partial charge in [0, 0.05) is 5.69 Å². The van der Waals surface area contributed by atoms with E-state index in [9.17, 15) is 0 Å². The Hall–Kier alpha value is -1.87. The standard InChI is InChI=1S/C18H22N2S/c1-4-16(15-10-6-5-7-11-15)19-18(21)20-17-12-8-9-13(2)14(17)3/h5-12,16H,4H2,1-3H3,(H2,19,20,21). The van der Waals surface area contributed by atoms with Crippen LogP contribution >= 0.6 is 12.2 Å². The number of anilines is 1. The van der Waals surface area contributed by atoms with Crippen molar-refractivity contribution in [3.8, 4) is 0 Å². The lowest BCUT2D eigenvalue weighted by Crippen LogP contribution is -2.32. The maximum atomic E-state index is 5.46. The fourth-order valence-electron chi connectivity index (χ4n) is 2.31. The number of aryl methyl sites for hydroxylation is 1. The molecule has 2 nitrogen and oxygen atoms in total. The van der Waals surface area contributed by atoms with E-state index in [0.29, 0.717) is 5.11 Å². The number of nitrogens with one attached hydrogen (secondary N) is 2. The summed E-state index contributed by atoms with van der Waals surface area (Å²) in [5, 5.41) is 7.37. The van der Waals surface area contributed by atoms with Crippen LogP contribution in [0.1, 0.15) is 36.1 Å². The minimum absolute atomic E-state index is 0.233. The van der Waals surface area contributed by atoms with Gasteiger partial charge in [0.25, 0.3) is 0 Å². The van der Waals surface area contributed by atoms with E-state index in [1.165, 1.54) is 16.7 Å². The molecule has 2 rings (SSSR count). The lowest BCUT2D eigenvalue weighted by atomic mass is 10.1. The maximum absolute atomic E-state index is 5.46. The molecule has 1 unspecified atom stereocenters. The van der Waals surface area contributed by atoms with E-state index in [-0.39, 0.29) is 6.04 Å². The van der Waals surface area contributed by atoms with Gasteiger partial charge in [-0.3, -0.25) is 0 Å². The largest absolute Gasteiger partial charge is 0.356 e. The van der Waals surface area contributed by atoms with E-state index < -0.39 is 0 Å². The first-order valence-corrected chi connectivity index (χ1v) is 7.71. The zero-order chi connectivity index (χ0) is 15.2. The van der Waals surface area contributed by atoms with Gasteiger partial charge in [-0.05, 0) is 55.2 Å². The van der Waals surface area contributed by atoms with Crippen molar-refractivity contribution in [2.45, 2.75) is 33.2 Å². The normalized spacial score (nSPS) is 11.8. The zero-order valence-corrected chi connectivity index (χ0v) is 13.6. The van der Waals surface area contributed by atoms with Crippen LogP contribution in [0.15, 0.2) is 48.5 Å². The van der Waals surface area contributed by atoms with E-state index >= 15 is 0 Å². The van der Waals surface area contributed by atoms with Gasteiger partial charge in [0.1, 0.15) is 0 Å². The van der Waals surface area contributed by atoms with Crippen LogP contribution in [0, 0.1) is 13.8 Å². The summed E-state index contributed by atoms with van der Waals surface area (Å²) in [5.41, 5.74) is 4.81. The Morgan fingerprint density at radius 2 is 1.76 bits per heavy atom. The molecule has 21 heavy (non-hydrogen) atoms. The summed E-state index contributed by atoms with van der Waals surface area (Å²) in [7, 11) is 0. The number of thiocarbonyl (C=S) groups is 1. The minimum Gasteiger partial charge on any atom is -0.356 e. The highest BCUT2D eigenvalue weighted by molar-refractivity contribution is 7.80. The Bertz CT molecular complexity index is 608. The predicted molar refractivity (Wildman–Crippen MR) is 94.7 cm³/mol. The summed E-state index contributed by atoms with van der Waals surface area (Å²) in [5.74, 6) is 0. The molecule has 2 N–H and O–H groups in total. The molecule has 0 saturated heterocycles. The lowest BCUT2D eigenvalue weighted by molar-refractivity contribution is 0.629. The molecule has 0 aliphatic carbocycles. The molecule has 1 atom stereocenters. The van der Waals surface area contributed by atoms with Crippen LogP contribution in [0.2, 0.25) is 0 Å². The second kappa shape index (κ2) is 7.23. The van der Waals surface area contributed by atoms with E-state index in [1.54, 1.807) is 0 Å². The van der Waals surface area contributed by atoms with Gasteiger partial charge in [-0.15, -0.1) is 0 Å². The number of benzene rings is 2. The lowest BCUT2D eigenvalue weighted by Gasteiger charge is -2.21. The van der Waals surface area contributed by atoms with Gasteiger partial charge in [0.2, 0.25) is 0 Å². The first-order valence-electron chi connectivity index (χ1n) is 7.30. The Morgan fingerprint density at radius 3 is 2.43 bits per heavy atom. The fraction of sp³-hybridized carbons (Fsp3) is 0.278. The van der Waals surface area contributed by atoms with Crippen LogP contribution in [0.4, 0.5) is 5.69 Å². The van der Waals surface area contributed by atoms with Gasteiger partial charge in [-0.2, -0.15) is 0 Å². The van der Waals surface area contributed by atoms with Crippen molar-refractivity contribution in [3.63, 3.8) is 0 Å². The van der Waals surface area contributed by atoms with Crippen molar-refractivity contribution < 1.29 is 0 Å². The summed E-state index contributed by atoms with van der Waals surface area (Å²) in [6, 6.07) is 16.8. The maximum Gasteiger partial charge on any atom is 0.171 e. The highest BCUT2D eigenvalue weighted by atomic mass is 32.1. The van der Waals surface area contributed by atoms with Crippen LogP contribution < -0.4 is 10.6 Å². The summed E-state index contributed by atoms with van der Waals surface area (Å²) in [6.45, 7) is 6.37. The van der Waals surface area contributed by atoms with Crippen LogP contribution in [-0.2, 0) is 0 Å².